The molecule has 1 saturated heterocycles. The molecule has 0 aromatic heterocycles. The molecule has 0 aliphatic carbocycles. The van der Waals surface area contributed by atoms with Gasteiger partial charge in [0.25, 0.3) is 0 Å². The monoisotopic (exact) mass is 242 g/mol. The van der Waals surface area contributed by atoms with Gasteiger partial charge in [0, 0.05) is 19.1 Å². The number of likely N-dealkylation sites (tertiary alicyclic amines) is 1. The molecule has 0 radical (unpaired) electrons. The van der Waals surface area contributed by atoms with Gasteiger partial charge in [0.05, 0.1) is 13.5 Å². The average molecular weight is 242 g/mol. The second kappa shape index (κ2) is 7.67. The van der Waals surface area contributed by atoms with E-state index in [1.54, 1.807) is 0 Å². The lowest BCUT2D eigenvalue weighted by atomic mass is 9.97. The molecule has 1 atom stereocenters. The number of rotatable bonds is 6. The van der Waals surface area contributed by atoms with Gasteiger partial charge in [-0.25, -0.2) is 0 Å². The zero-order valence-corrected chi connectivity index (χ0v) is 11.4. The molecule has 1 fully saturated rings. The SMILES string of the molecule is COC(=O)CCN1CCCC(CNC(C)C)C1. The number of hydrogen-bond acceptors (Lipinski definition) is 4. The smallest absolute Gasteiger partial charge is 0.306 e. The van der Waals surface area contributed by atoms with Crippen LogP contribution in [0.25, 0.3) is 0 Å². The lowest BCUT2D eigenvalue weighted by molar-refractivity contribution is -0.141. The van der Waals surface area contributed by atoms with Crippen LogP contribution >= 0.6 is 0 Å². The number of methoxy groups -OCH3 is 1. The van der Waals surface area contributed by atoms with E-state index < -0.39 is 0 Å². The van der Waals surface area contributed by atoms with Crippen molar-refractivity contribution >= 4 is 5.97 Å². The van der Waals surface area contributed by atoms with Gasteiger partial charge in [-0.1, -0.05) is 13.8 Å². The van der Waals surface area contributed by atoms with Gasteiger partial charge in [0.15, 0.2) is 0 Å². The summed E-state index contributed by atoms with van der Waals surface area (Å²) in [7, 11) is 1.45. The summed E-state index contributed by atoms with van der Waals surface area (Å²) in [5.74, 6) is 0.622. The second-order valence-electron chi connectivity index (χ2n) is 5.20. The van der Waals surface area contributed by atoms with Crippen molar-refractivity contribution in [1.29, 1.82) is 0 Å². The molecule has 0 spiro atoms. The van der Waals surface area contributed by atoms with E-state index in [1.807, 2.05) is 0 Å². The third kappa shape index (κ3) is 6.03. The van der Waals surface area contributed by atoms with Crippen LogP contribution in [0.3, 0.4) is 0 Å². The molecule has 4 heteroatoms. The third-order valence-electron chi connectivity index (χ3n) is 3.28. The number of hydrogen-bond donors (Lipinski definition) is 1. The van der Waals surface area contributed by atoms with Crippen LogP contribution in [0, 0.1) is 5.92 Å². The first-order chi connectivity index (χ1) is 8.11. The van der Waals surface area contributed by atoms with Gasteiger partial charge < -0.3 is 15.0 Å². The molecular formula is C13H26N2O2. The Bertz CT molecular complexity index is 231. The van der Waals surface area contributed by atoms with E-state index in [0.717, 1.165) is 32.1 Å². The quantitative estimate of drug-likeness (QED) is 0.712. The highest BCUT2D eigenvalue weighted by Gasteiger charge is 2.20. The minimum absolute atomic E-state index is 0.104. The number of piperidine rings is 1. The maximum Gasteiger partial charge on any atom is 0.306 e. The summed E-state index contributed by atoms with van der Waals surface area (Å²) >= 11 is 0. The standard InChI is InChI=1S/C13H26N2O2/c1-11(2)14-9-12-5-4-7-15(10-12)8-6-13(16)17-3/h11-12,14H,4-10H2,1-3H3. The van der Waals surface area contributed by atoms with E-state index in [0.29, 0.717) is 12.5 Å². The summed E-state index contributed by atoms with van der Waals surface area (Å²) in [6, 6.07) is 0.556. The zero-order chi connectivity index (χ0) is 12.7. The lowest BCUT2D eigenvalue weighted by Gasteiger charge is -2.33. The van der Waals surface area contributed by atoms with Crippen molar-refractivity contribution in [1.82, 2.24) is 10.2 Å². The topological polar surface area (TPSA) is 41.6 Å². The first kappa shape index (κ1) is 14.5. The normalized spacial score (nSPS) is 21.8. The molecule has 1 aliphatic rings. The number of carbonyl (C=O) groups excluding carboxylic acids is 1. The molecule has 17 heavy (non-hydrogen) atoms. The molecule has 1 unspecified atom stereocenters. The maximum absolute atomic E-state index is 11.1. The van der Waals surface area contributed by atoms with Crippen LogP contribution in [-0.4, -0.2) is 50.2 Å². The summed E-state index contributed by atoms with van der Waals surface area (Å²) in [5.41, 5.74) is 0. The summed E-state index contributed by atoms with van der Waals surface area (Å²) in [6.07, 6.45) is 3.06. The maximum atomic E-state index is 11.1. The minimum Gasteiger partial charge on any atom is -0.469 e. The number of esters is 1. The van der Waals surface area contributed by atoms with Crippen LogP contribution in [0.15, 0.2) is 0 Å². The van der Waals surface area contributed by atoms with Crippen LogP contribution in [0.2, 0.25) is 0 Å². The van der Waals surface area contributed by atoms with Gasteiger partial charge in [-0.2, -0.15) is 0 Å². The minimum atomic E-state index is -0.104. The number of ether oxygens (including phenoxy) is 1. The number of nitrogens with zero attached hydrogens (tertiary/aromatic N) is 1. The molecule has 1 rings (SSSR count). The fraction of sp³-hybridized carbons (Fsp3) is 0.923. The number of carbonyl (C=O) groups is 1. The Kier molecular flexibility index (Phi) is 6.52. The molecule has 100 valence electrons. The Morgan fingerprint density at radius 3 is 2.94 bits per heavy atom. The van der Waals surface area contributed by atoms with Crippen LogP contribution in [-0.2, 0) is 9.53 Å². The predicted octanol–water partition coefficient (Wildman–Crippen LogP) is 1.26. The molecular weight excluding hydrogens is 216 g/mol. The Balaban J connectivity index is 2.21. The third-order valence-corrected chi connectivity index (χ3v) is 3.28. The van der Waals surface area contributed by atoms with Crippen LogP contribution in [0.4, 0.5) is 0 Å². The van der Waals surface area contributed by atoms with E-state index in [2.05, 4.69) is 28.8 Å². The summed E-state index contributed by atoms with van der Waals surface area (Å²) in [6.45, 7) is 8.51. The Hall–Kier alpha value is -0.610. The molecule has 0 bridgehead atoms. The van der Waals surface area contributed by atoms with Crippen LogP contribution < -0.4 is 5.32 Å². The Morgan fingerprint density at radius 1 is 1.53 bits per heavy atom. The van der Waals surface area contributed by atoms with Crippen molar-refractivity contribution in [3.63, 3.8) is 0 Å². The summed E-state index contributed by atoms with van der Waals surface area (Å²) in [4.78, 5) is 13.5. The molecule has 0 saturated carbocycles. The average Bonchev–Trinajstić information content (AvgIpc) is 2.34. The van der Waals surface area contributed by atoms with Crippen molar-refractivity contribution in [2.24, 2.45) is 5.92 Å². The van der Waals surface area contributed by atoms with Gasteiger partial charge in [-0.15, -0.1) is 0 Å². The molecule has 1 heterocycles. The van der Waals surface area contributed by atoms with E-state index in [9.17, 15) is 4.79 Å². The molecule has 1 aliphatic heterocycles. The van der Waals surface area contributed by atoms with E-state index in [-0.39, 0.29) is 5.97 Å². The van der Waals surface area contributed by atoms with Crippen LogP contribution in [0.1, 0.15) is 33.1 Å². The molecule has 1 N–H and O–H groups in total. The highest BCUT2D eigenvalue weighted by molar-refractivity contribution is 5.69. The Morgan fingerprint density at radius 2 is 2.29 bits per heavy atom. The fourth-order valence-corrected chi connectivity index (χ4v) is 2.27. The van der Waals surface area contributed by atoms with E-state index >= 15 is 0 Å². The molecule has 0 aromatic rings. The highest BCUT2D eigenvalue weighted by Crippen LogP contribution is 2.16. The van der Waals surface area contributed by atoms with Crippen molar-refractivity contribution in [3.8, 4) is 0 Å². The lowest BCUT2D eigenvalue weighted by Crippen LogP contribution is -2.41. The van der Waals surface area contributed by atoms with Gasteiger partial charge in [0.2, 0.25) is 0 Å². The Labute approximate surface area is 105 Å². The van der Waals surface area contributed by atoms with Gasteiger partial charge in [0.1, 0.15) is 0 Å². The summed E-state index contributed by atoms with van der Waals surface area (Å²) < 4.78 is 4.67. The highest BCUT2D eigenvalue weighted by atomic mass is 16.5. The fourth-order valence-electron chi connectivity index (χ4n) is 2.27. The van der Waals surface area contributed by atoms with E-state index in [1.165, 1.54) is 20.0 Å². The number of nitrogens with one attached hydrogen (secondary N) is 1. The van der Waals surface area contributed by atoms with Crippen molar-refractivity contribution in [2.45, 2.75) is 39.2 Å². The molecule has 0 amide bonds. The van der Waals surface area contributed by atoms with E-state index in [4.69, 9.17) is 0 Å². The van der Waals surface area contributed by atoms with Crippen LogP contribution in [0.5, 0.6) is 0 Å². The van der Waals surface area contributed by atoms with Gasteiger partial charge in [-0.05, 0) is 31.8 Å². The molecule has 0 aromatic carbocycles. The summed E-state index contributed by atoms with van der Waals surface area (Å²) in [5, 5.41) is 3.49. The first-order valence-corrected chi connectivity index (χ1v) is 6.64. The van der Waals surface area contributed by atoms with Crippen molar-refractivity contribution in [3.05, 3.63) is 0 Å². The van der Waals surface area contributed by atoms with Gasteiger partial charge in [-0.3, -0.25) is 4.79 Å². The predicted molar refractivity (Wildman–Crippen MR) is 68.9 cm³/mol. The zero-order valence-electron chi connectivity index (χ0n) is 11.4. The first-order valence-electron chi connectivity index (χ1n) is 6.64. The van der Waals surface area contributed by atoms with Crippen molar-refractivity contribution in [2.75, 3.05) is 33.3 Å². The second-order valence-corrected chi connectivity index (χ2v) is 5.20. The molecule has 4 nitrogen and oxygen atoms in total. The van der Waals surface area contributed by atoms with Gasteiger partial charge >= 0.3 is 5.97 Å². The van der Waals surface area contributed by atoms with Crippen molar-refractivity contribution < 1.29 is 9.53 Å². The largest absolute Gasteiger partial charge is 0.469 e.